The van der Waals surface area contributed by atoms with Crippen molar-refractivity contribution in [2.75, 3.05) is 19.8 Å². The van der Waals surface area contributed by atoms with Gasteiger partial charge in [0.1, 0.15) is 0 Å². The highest BCUT2D eigenvalue weighted by Gasteiger charge is 2.21. The van der Waals surface area contributed by atoms with E-state index in [1.54, 1.807) is 0 Å². The predicted molar refractivity (Wildman–Crippen MR) is 86.2 cm³/mol. The summed E-state index contributed by atoms with van der Waals surface area (Å²) < 4.78 is 5.45. The van der Waals surface area contributed by atoms with E-state index in [0.29, 0.717) is 12.5 Å². The lowest BCUT2D eigenvalue weighted by molar-refractivity contribution is 0.0313. The minimum atomic E-state index is 0.496. The molecule has 1 aromatic heterocycles. The van der Waals surface area contributed by atoms with Crippen LogP contribution < -0.4 is 0 Å². The Balaban J connectivity index is 1.76. The Morgan fingerprint density at radius 1 is 1.18 bits per heavy atom. The van der Waals surface area contributed by atoms with Crippen LogP contribution in [0.15, 0.2) is 36.4 Å². The number of aromatic nitrogens is 1. The molecule has 22 heavy (non-hydrogen) atoms. The maximum Gasteiger partial charge on any atom is 0.0705 e. The number of ether oxygens (including phenoxy) is 1. The zero-order valence-electron chi connectivity index (χ0n) is 12.7. The molecule has 4 heteroatoms. The summed E-state index contributed by atoms with van der Waals surface area (Å²) >= 11 is 0. The number of rotatable bonds is 5. The van der Waals surface area contributed by atoms with Gasteiger partial charge in [0.15, 0.2) is 0 Å². The van der Waals surface area contributed by atoms with E-state index in [9.17, 15) is 0 Å². The Hall–Kier alpha value is -1.96. The zero-order chi connectivity index (χ0) is 15.2. The highest BCUT2D eigenvalue weighted by atomic mass is 16.5. The minimum Gasteiger partial charge on any atom is -0.381 e. The number of fused-ring (bicyclic) bond motifs is 1. The third-order valence-corrected chi connectivity index (χ3v) is 4.24. The van der Waals surface area contributed by atoms with Crippen molar-refractivity contribution in [3.05, 3.63) is 42.1 Å². The molecule has 114 valence electrons. The van der Waals surface area contributed by atoms with Gasteiger partial charge in [-0.1, -0.05) is 24.3 Å². The molecule has 1 aliphatic rings. The lowest BCUT2D eigenvalue weighted by Gasteiger charge is -2.33. The summed E-state index contributed by atoms with van der Waals surface area (Å²) in [7, 11) is 0. The maximum atomic E-state index is 8.90. The fourth-order valence-electron chi connectivity index (χ4n) is 3.04. The molecule has 0 saturated carbocycles. The number of hydrogen-bond donors (Lipinski definition) is 0. The number of nitrogens with zero attached hydrogens (tertiary/aromatic N) is 3. The summed E-state index contributed by atoms with van der Waals surface area (Å²) in [4.78, 5) is 7.15. The average molecular weight is 295 g/mol. The van der Waals surface area contributed by atoms with Crippen molar-refractivity contribution in [3.63, 3.8) is 0 Å². The summed E-state index contributed by atoms with van der Waals surface area (Å²) in [5.41, 5.74) is 2.11. The molecule has 1 aliphatic heterocycles. The molecular weight excluding hydrogens is 274 g/mol. The van der Waals surface area contributed by atoms with E-state index in [1.165, 1.54) is 5.39 Å². The molecule has 0 spiro atoms. The fraction of sp³-hybridized carbons (Fsp3) is 0.444. The summed E-state index contributed by atoms with van der Waals surface area (Å²) in [6, 6.07) is 15.2. The van der Waals surface area contributed by atoms with Crippen molar-refractivity contribution in [1.29, 1.82) is 5.26 Å². The normalized spacial score (nSPS) is 16.0. The van der Waals surface area contributed by atoms with Crippen molar-refractivity contribution in [3.8, 4) is 6.07 Å². The molecule has 2 aromatic rings. The van der Waals surface area contributed by atoms with E-state index in [-0.39, 0.29) is 0 Å². The van der Waals surface area contributed by atoms with E-state index in [4.69, 9.17) is 15.0 Å². The molecule has 0 amide bonds. The summed E-state index contributed by atoms with van der Waals surface area (Å²) in [5, 5.41) is 10.1. The quantitative estimate of drug-likeness (QED) is 0.850. The first kappa shape index (κ1) is 15.0. The fourth-order valence-corrected chi connectivity index (χ4v) is 3.04. The van der Waals surface area contributed by atoms with Crippen molar-refractivity contribution in [1.82, 2.24) is 9.88 Å². The smallest absolute Gasteiger partial charge is 0.0705 e. The second kappa shape index (κ2) is 7.35. The van der Waals surface area contributed by atoms with Gasteiger partial charge in [0.25, 0.3) is 0 Å². The number of hydrogen-bond acceptors (Lipinski definition) is 4. The van der Waals surface area contributed by atoms with Crippen molar-refractivity contribution in [2.45, 2.75) is 31.8 Å². The summed E-state index contributed by atoms with van der Waals surface area (Å²) in [6.07, 6.45) is 2.64. The Morgan fingerprint density at radius 3 is 2.82 bits per heavy atom. The van der Waals surface area contributed by atoms with Crippen molar-refractivity contribution >= 4 is 10.9 Å². The predicted octanol–water partition coefficient (Wildman–Crippen LogP) is 3.13. The van der Waals surface area contributed by atoms with Gasteiger partial charge in [0.05, 0.1) is 17.3 Å². The van der Waals surface area contributed by atoms with Crippen LogP contribution in [0.1, 0.15) is 25.0 Å². The van der Waals surface area contributed by atoms with Crippen LogP contribution in [0.2, 0.25) is 0 Å². The van der Waals surface area contributed by atoms with Crippen LogP contribution in [-0.4, -0.2) is 35.7 Å². The molecule has 3 rings (SSSR count). The van der Waals surface area contributed by atoms with Crippen LogP contribution in [0.4, 0.5) is 0 Å². The van der Waals surface area contributed by atoms with E-state index < -0.39 is 0 Å². The Labute approximate surface area is 131 Å². The molecule has 0 unspecified atom stereocenters. The standard InChI is InChI=1S/C18H21N3O/c19-10-3-11-21(17-8-12-22-13-9-17)14-16-7-6-15-4-1-2-5-18(15)20-16/h1-2,4-7,17H,3,8-9,11-14H2. The molecule has 1 saturated heterocycles. The first-order valence-electron chi connectivity index (χ1n) is 7.90. The highest BCUT2D eigenvalue weighted by molar-refractivity contribution is 5.78. The van der Waals surface area contributed by atoms with Gasteiger partial charge in [0, 0.05) is 44.2 Å². The van der Waals surface area contributed by atoms with Gasteiger partial charge in [-0.2, -0.15) is 5.26 Å². The highest BCUT2D eigenvalue weighted by Crippen LogP contribution is 2.19. The van der Waals surface area contributed by atoms with Crippen LogP contribution in [0.3, 0.4) is 0 Å². The minimum absolute atomic E-state index is 0.496. The molecule has 0 radical (unpaired) electrons. The summed E-state index contributed by atoms with van der Waals surface area (Å²) in [6.45, 7) is 3.24. The SMILES string of the molecule is N#CCCN(Cc1ccc2ccccc2n1)C1CCOCC1. The van der Waals surface area contributed by atoms with Gasteiger partial charge in [-0.3, -0.25) is 9.88 Å². The molecule has 1 aromatic carbocycles. The average Bonchev–Trinajstić information content (AvgIpc) is 2.59. The van der Waals surface area contributed by atoms with E-state index in [2.05, 4.69) is 29.2 Å². The van der Waals surface area contributed by atoms with Gasteiger partial charge in [-0.15, -0.1) is 0 Å². The van der Waals surface area contributed by atoms with Gasteiger partial charge in [-0.25, -0.2) is 0 Å². The van der Waals surface area contributed by atoms with Gasteiger partial charge in [0.2, 0.25) is 0 Å². The van der Waals surface area contributed by atoms with Crippen LogP contribution in [0.5, 0.6) is 0 Å². The zero-order valence-corrected chi connectivity index (χ0v) is 12.7. The Bertz CT molecular complexity index is 659. The first-order chi connectivity index (χ1) is 10.9. The molecule has 0 aliphatic carbocycles. The molecule has 4 nitrogen and oxygen atoms in total. The topological polar surface area (TPSA) is 49.2 Å². The van der Waals surface area contributed by atoms with E-state index in [1.807, 2.05) is 18.2 Å². The third kappa shape index (κ3) is 3.62. The molecule has 2 heterocycles. The summed E-state index contributed by atoms with van der Waals surface area (Å²) in [5.74, 6) is 0. The van der Waals surface area contributed by atoms with Crippen LogP contribution in [0, 0.1) is 11.3 Å². The van der Waals surface area contributed by atoms with Crippen LogP contribution >= 0.6 is 0 Å². The number of nitriles is 1. The molecule has 0 atom stereocenters. The van der Waals surface area contributed by atoms with Gasteiger partial charge < -0.3 is 4.74 Å². The molecule has 0 bridgehead atoms. The number of pyridine rings is 1. The number of benzene rings is 1. The van der Waals surface area contributed by atoms with Gasteiger partial charge in [-0.05, 0) is 25.0 Å². The van der Waals surface area contributed by atoms with E-state index in [0.717, 1.165) is 50.4 Å². The van der Waals surface area contributed by atoms with Crippen molar-refractivity contribution in [2.24, 2.45) is 0 Å². The maximum absolute atomic E-state index is 8.90. The van der Waals surface area contributed by atoms with Crippen molar-refractivity contribution < 1.29 is 4.74 Å². The Kier molecular flexibility index (Phi) is 4.99. The van der Waals surface area contributed by atoms with Gasteiger partial charge >= 0.3 is 0 Å². The number of para-hydroxylation sites is 1. The lowest BCUT2D eigenvalue weighted by Crippen LogP contribution is -2.39. The molecular formula is C18H21N3O. The monoisotopic (exact) mass is 295 g/mol. The molecule has 1 fully saturated rings. The Morgan fingerprint density at radius 2 is 2.00 bits per heavy atom. The second-order valence-electron chi connectivity index (χ2n) is 5.72. The second-order valence-corrected chi connectivity index (χ2v) is 5.72. The first-order valence-corrected chi connectivity index (χ1v) is 7.90. The van der Waals surface area contributed by atoms with Crippen LogP contribution in [0.25, 0.3) is 10.9 Å². The molecule has 0 N–H and O–H groups in total. The van der Waals surface area contributed by atoms with Crippen LogP contribution in [-0.2, 0) is 11.3 Å². The lowest BCUT2D eigenvalue weighted by atomic mass is 10.1. The van der Waals surface area contributed by atoms with E-state index >= 15 is 0 Å². The third-order valence-electron chi connectivity index (χ3n) is 4.24. The largest absolute Gasteiger partial charge is 0.381 e.